The van der Waals surface area contributed by atoms with E-state index in [1.807, 2.05) is 24.3 Å². The van der Waals surface area contributed by atoms with Crippen molar-refractivity contribution in [3.05, 3.63) is 35.4 Å². The summed E-state index contributed by atoms with van der Waals surface area (Å²) < 4.78 is 0. The molecule has 2 rings (SSSR count). The predicted molar refractivity (Wildman–Crippen MR) is 66.2 cm³/mol. The summed E-state index contributed by atoms with van der Waals surface area (Å²) in [7, 11) is 0. The highest BCUT2D eigenvalue weighted by atomic mass is 16.3. The van der Waals surface area contributed by atoms with Crippen molar-refractivity contribution in [2.24, 2.45) is 5.92 Å². The third-order valence-corrected chi connectivity index (χ3v) is 3.35. The van der Waals surface area contributed by atoms with Crippen LogP contribution in [-0.2, 0) is 6.54 Å². The molecule has 0 bridgehead atoms. The highest BCUT2D eigenvalue weighted by molar-refractivity contribution is 5.31. The van der Waals surface area contributed by atoms with Gasteiger partial charge in [-0.3, -0.25) is 4.90 Å². The zero-order valence-electron chi connectivity index (χ0n) is 9.97. The van der Waals surface area contributed by atoms with Crippen LogP contribution in [0.2, 0.25) is 0 Å². The molecule has 0 radical (unpaired) electrons. The Morgan fingerprint density at radius 1 is 1.35 bits per heavy atom. The Bertz CT molecular complexity index is 394. The molecule has 1 saturated heterocycles. The van der Waals surface area contributed by atoms with Crippen LogP contribution in [0, 0.1) is 17.2 Å². The molecule has 0 aliphatic carbocycles. The lowest BCUT2D eigenvalue weighted by Crippen LogP contribution is -2.36. The second-order valence-electron chi connectivity index (χ2n) is 4.73. The maximum Gasteiger partial charge on any atom is 0.0991 e. The molecule has 0 spiro atoms. The first kappa shape index (κ1) is 12.1. The SMILES string of the molecule is N#Cc1ccc(CN2CCCC(CO)C2)cc1. The van der Waals surface area contributed by atoms with Crippen LogP contribution in [0.4, 0.5) is 0 Å². The summed E-state index contributed by atoms with van der Waals surface area (Å²) in [4.78, 5) is 2.38. The Morgan fingerprint density at radius 2 is 2.12 bits per heavy atom. The van der Waals surface area contributed by atoms with Gasteiger partial charge in [-0.2, -0.15) is 5.26 Å². The summed E-state index contributed by atoms with van der Waals surface area (Å²) in [6, 6.07) is 9.89. The zero-order chi connectivity index (χ0) is 12.1. The predicted octanol–water partition coefficient (Wildman–Crippen LogP) is 1.76. The topological polar surface area (TPSA) is 47.3 Å². The Hall–Kier alpha value is -1.37. The smallest absolute Gasteiger partial charge is 0.0991 e. The van der Waals surface area contributed by atoms with Crippen molar-refractivity contribution in [2.75, 3.05) is 19.7 Å². The maximum absolute atomic E-state index is 9.18. The number of nitriles is 1. The molecule has 1 heterocycles. The fourth-order valence-electron chi connectivity index (χ4n) is 2.39. The molecule has 1 aromatic carbocycles. The van der Waals surface area contributed by atoms with Crippen LogP contribution >= 0.6 is 0 Å². The van der Waals surface area contributed by atoms with Crippen LogP contribution in [0.15, 0.2) is 24.3 Å². The van der Waals surface area contributed by atoms with E-state index in [9.17, 15) is 5.11 Å². The largest absolute Gasteiger partial charge is 0.396 e. The molecule has 3 heteroatoms. The van der Waals surface area contributed by atoms with Crippen molar-refractivity contribution in [3.63, 3.8) is 0 Å². The average Bonchev–Trinajstić information content (AvgIpc) is 2.40. The van der Waals surface area contributed by atoms with E-state index in [4.69, 9.17) is 5.26 Å². The molecule has 3 nitrogen and oxygen atoms in total. The normalized spacial score (nSPS) is 21.1. The summed E-state index contributed by atoms with van der Waals surface area (Å²) in [5.41, 5.74) is 1.95. The van der Waals surface area contributed by atoms with Gasteiger partial charge in [-0.05, 0) is 43.0 Å². The van der Waals surface area contributed by atoms with E-state index in [1.165, 1.54) is 12.0 Å². The van der Waals surface area contributed by atoms with Gasteiger partial charge in [-0.15, -0.1) is 0 Å². The minimum Gasteiger partial charge on any atom is -0.396 e. The van der Waals surface area contributed by atoms with Gasteiger partial charge in [0, 0.05) is 19.7 Å². The van der Waals surface area contributed by atoms with Gasteiger partial charge < -0.3 is 5.11 Å². The van der Waals surface area contributed by atoms with Crippen molar-refractivity contribution >= 4 is 0 Å². The van der Waals surface area contributed by atoms with E-state index in [1.54, 1.807) is 0 Å². The summed E-state index contributed by atoms with van der Waals surface area (Å²) in [6.07, 6.45) is 2.31. The molecule has 1 aliphatic rings. The molecule has 0 saturated carbocycles. The number of hydrogen-bond donors (Lipinski definition) is 1. The highest BCUT2D eigenvalue weighted by Gasteiger charge is 2.18. The van der Waals surface area contributed by atoms with Crippen LogP contribution in [0.1, 0.15) is 24.0 Å². The van der Waals surface area contributed by atoms with Gasteiger partial charge in [0.2, 0.25) is 0 Å². The number of benzene rings is 1. The van der Waals surface area contributed by atoms with Crippen LogP contribution < -0.4 is 0 Å². The lowest BCUT2D eigenvalue weighted by atomic mass is 9.98. The van der Waals surface area contributed by atoms with Crippen molar-refractivity contribution in [2.45, 2.75) is 19.4 Å². The third-order valence-electron chi connectivity index (χ3n) is 3.35. The summed E-state index contributed by atoms with van der Waals surface area (Å²) in [6.45, 7) is 3.30. The summed E-state index contributed by atoms with van der Waals surface area (Å²) in [5, 5.41) is 17.9. The lowest BCUT2D eigenvalue weighted by molar-refractivity contribution is 0.116. The second-order valence-corrected chi connectivity index (χ2v) is 4.73. The highest BCUT2D eigenvalue weighted by Crippen LogP contribution is 2.18. The van der Waals surface area contributed by atoms with Crippen molar-refractivity contribution in [1.29, 1.82) is 5.26 Å². The molecule has 90 valence electrons. The molecule has 1 atom stereocenters. The first-order valence-corrected chi connectivity index (χ1v) is 6.14. The fraction of sp³-hybridized carbons (Fsp3) is 0.500. The Balaban J connectivity index is 1.93. The molecule has 0 amide bonds. The molecule has 17 heavy (non-hydrogen) atoms. The number of nitrogens with zero attached hydrogens (tertiary/aromatic N) is 2. The van der Waals surface area contributed by atoms with E-state index >= 15 is 0 Å². The third kappa shape index (κ3) is 3.29. The van der Waals surface area contributed by atoms with Gasteiger partial charge in [0.1, 0.15) is 0 Å². The minimum atomic E-state index is 0.296. The molecule has 1 N–H and O–H groups in total. The molecule has 1 fully saturated rings. The molecule has 1 unspecified atom stereocenters. The van der Waals surface area contributed by atoms with Crippen molar-refractivity contribution in [3.8, 4) is 6.07 Å². The van der Waals surface area contributed by atoms with E-state index in [0.29, 0.717) is 18.1 Å². The number of rotatable bonds is 3. The van der Waals surface area contributed by atoms with Gasteiger partial charge in [-0.25, -0.2) is 0 Å². The van der Waals surface area contributed by atoms with Gasteiger partial charge in [0.05, 0.1) is 11.6 Å². The van der Waals surface area contributed by atoms with Crippen molar-refractivity contribution in [1.82, 2.24) is 4.90 Å². The number of piperidine rings is 1. The first-order valence-electron chi connectivity index (χ1n) is 6.14. The molecular formula is C14H18N2O. The monoisotopic (exact) mass is 230 g/mol. The summed E-state index contributed by atoms with van der Waals surface area (Å²) >= 11 is 0. The van der Waals surface area contributed by atoms with E-state index in [-0.39, 0.29) is 0 Å². The van der Waals surface area contributed by atoms with E-state index in [2.05, 4.69) is 11.0 Å². The second kappa shape index (κ2) is 5.81. The maximum atomic E-state index is 9.18. The van der Waals surface area contributed by atoms with Crippen LogP contribution in [-0.4, -0.2) is 29.7 Å². The zero-order valence-corrected chi connectivity index (χ0v) is 9.97. The number of likely N-dealkylation sites (tertiary alicyclic amines) is 1. The number of aliphatic hydroxyl groups excluding tert-OH is 1. The van der Waals surface area contributed by atoms with Crippen molar-refractivity contribution < 1.29 is 5.11 Å². The first-order chi connectivity index (χ1) is 8.31. The standard InChI is InChI=1S/C14H18N2O/c15-8-12-3-5-13(6-4-12)9-16-7-1-2-14(10-16)11-17/h3-6,14,17H,1-2,7,9-11H2. The summed E-state index contributed by atoms with van der Waals surface area (Å²) in [5.74, 6) is 0.433. The Labute approximate surface area is 102 Å². The number of hydrogen-bond acceptors (Lipinski definition) is 3. The molecular weight excluding hydrogens is 212 g/mol. The lowest BCUT2D eigenvalue weighted by Gasteiger charge is -2.31. The number of aliphatic hydroxyl groups is 1. The van der Waals surface area contributed by atoms with Gasteiger partial charge in [0.15, 0.2) is 0 Å². The van der Waals surface area contributed by atoms with Gasteiger partial charge in [-0.1, -0.05) is 12.1 Å². The fourth-order valence-corrected chi connectivity index (χ4v) is 2.39. The Morgan fingerprint density at radius 3 is 2.76 bits per heavy atom. The minimum absolute atomic E-state index is 0.296. The van der Waals surface area contributed by atoms with E-state index < -0.39 is 0 Å². The van der Waals surface area contributed by atoms with Crippen LogP contribution in [0.3, 0.4) is 0 Å². The average molecular weight is 230 g/mol. The molecule has 1 aromatic rings. The van der Waals surface area contributed by atoms with Gasteiger partial charge in [0.25, 0.3) is 0 Å². The van der Waals surface area contributed by atoms with E-state index in [0.717, 1.165) is 26.1 Å². The molecule has 0 aromatic heterocycles. The van der Waals surface area contributed by atoms with Crippen LogP contribution in [0.5, 0.6) is 0 Å². The van der Waals surface area contributed by atoms with Gasteiger partial charge >= 0.3 is 0 Å². The van der Waals surface area contributed by atoms with Crippen LogP contribution in [0.25, 0.3) is 0 Å². The Kier molecular flexibility index (Phi) is 4.13. The quantitative estimate of drug-likeness (QED) is 0.860. The molecule has 1 aliphatic heterocycles.